The lowest BCUT2D eigenvalue weighted by molar-refractivity contribution is 0.0933. The predicted octanol–water partition coefficient (Wildman–Crippen LogP) is 4.78. The van der Waals surface area contributed by atoms with E-state index >= 15 is 0 Å². The monoisotopic (exact) mass is 399 g/mol. The minimum Gasteiger partial charge on any atom is -0.345 e. The third-order valence-electron chi connectivity index (χ3n) is 4.89. The highest BCUT2D eigenvalue weighted by atomic mass is 35.5. The van der Waals surface area contributed by atoms with Crippen LogP contribution in [0.25, 0.3) is 0 Å². The van der Waals surface area contributed by atoms with Crippen molar-refractivity contribution in [1.82, 2.24) is 10.6 Å². The van der Waals surface area contributed by atoms with Gasteiger partial charge in [0, 0.05) is 29.4 Å². The van der Waals surface area contributed by atoms with Crippen LogP contribution in [0.3, 0.4) is 0 Å². The van der Waals surface area contributed by atoms with Crippen molar-refractivity contribution in [3.8, 4) is 0 Å². The van der Waals surface area contributed by atoms with Gasteiger partial charge < -0.3 is 10.6 Å². The van der Waals surface area contributed by atoms with E-state index in [-0.39, 0.29) is 18.0 Å². The number of nitrogens with zero attached hydrogens (tertiary/aromatic N) is 1. The van der Waals surface area contributed by atoms with Crippen LogP contribution in [0.5, 0.6) is 0 Å². The number of rotatable bonds is 7. The number of carbonyl (C=O) groups is 2. The molecule has 28 heavy (non-hydrogen) atoms. The van der Waals surface area contributed by atoms with Crippen LogP contribution in [0.15, 0.2) is 48.5 Å². The first-order chi connectivity index (χ1) is 13.4. The van der Waals surface area contributed by atoms with Gasteiger partial charge in [-0.1, -0.05) is 43.6 Å². The molecule has 0 aliphatic carbocycles. The van der Waals surface area contributed by atoms with E-state index in [1.807, 2.05) is 30.3 Å². The molecule has 0 bridgehead atoms. The number of hydrogen-bond acceptors (Lipinski definition) is 2. The number of carbonyl (C=O) groups excluding carboxylic acids is 2. The lowest BCUT2D eigenvalue weighted by atomic mass is 9.97. The zero-order valence-corrected chi connectivity index (χ0v) is 17.0. The number of nitrogens with one attached hydrogen (secondary N) is 2. The maximum Gasteiger partial charge on any atom is 0.321 e. The second kappa shape index (κ2) is 9.11. The second-order valence-corrected chi connectivity index (χ2v) is 7.92. The van der Waals surface area contributed by atoms with E-state index in [1.165, 1.54) is 0 Å². The standard InChI is InChI=1S/C22H26ClN3O2/c1-15(2)6-11-20(16-7-9-18(23)10-8-16)25-21(27)17-4-3-5-19(14-17)26-13-12-24-22(26)28/h3-5,7-10,14-15,20H,6,11-13H2,1-2H3,(H,24,28)(H,25,27). The Kier molecular flexibility index (Phi) is 6.57. The molecule has 1 heterocycles. The quantitative estimate of drug-likeness (QED) is 0.704. The van der Waals surface area contributed by atoms with Gasteiger partial charge in [0.05, 0.1) is 6.04 Å². The summed E-state index contributed by atoms with van der Waals surface area (Å²) in [5, 5.41) is 6.61. The molecule has 1 fully saturated rings. The summed E-state index contributed by atoms with van der Waals surface area (Å²) in [6.45, 7) is 5.56. The van der Waals surface area contributed by atoms with Gasteiger partial charge in [-0.3, -0.25) is 9.69 Å². The maximum atomic E-state index is 12.9. The van der Waals surface area contributed by atoms with Crippen molar-refractivity contribution in [2.45, 2.75) is 32.7 Å². The smallest absolute Gasteiger partial charge is 0.321 e. The van der Waals surface area contributed by atoms with Crippen LogP contribution in [0.2, 0.25) is 5.02 Å². The fourth-order valence-corrected chi connectivity index (χ4v) is 3.42. The molecule has 3 rings (SSSR count). The van der Waals surface area contributed by atoms with Crippen molar-refractivity contribution in [3.63, 3.8) is 0 Å². The van der Waals surface area contributed by atoms with Crippen molar-refractivity contribution < 1.29 is 9.59 Å². The molecule has 0 radical (unpaired) electrons. The fourth-order valence-electron chi connectivity index (χ4n) is 3.29. The van der Waals surface area contributed by atoms with Gasteiger partial charge in [0.2, 0.25) is 0 Å². The summed E-state index contributed by atoms with van der Waals surface area (Å²) in [5.74, 6) is 0.397. The normalized spacial score (nSPS) is 14.9. The Morgan fingerprint density at radius 3 is 2.57 bits per heavy atom. The molecule has 1 saturated heterocycles. The molecule has 2 aromatic carbocycles. The summed E-state index contributed by atoms with van der Waals surface area (Å²) >= 11 is 6.01. The zero-order valence-electron chi connectivity index (χ0n) is 16.2. The first kappa shape index (κ1) is 20.2. The lowest BCUT2D eigenvalue weighted by Gasteiger charge is -2.21. The zero-order chi connectivity index (χ0) is 20.1. The van der Waals surface area contributed by atoms with Gasteiger partial charge in [0.15, 0.2) is 0 Å². The van der Waals surface area contributed by atoms with Crippen molar-refractivity contribution in [3.05, 3.63) is 64.7 Å². The summed E-state index contributed by atoms with van der Waals surface area (Å²) in [4.78, 5) is 26.5. The molecule has 148 valence electrons. The number of benzene rings is 2. The van der Waals surface area contributed by atoms with E-state index < -0.39 is 0 Å². The van der Waals surface area contributed by atoms with Crippen LogP contribution >= 0.6 is 11.6 Å². The van der Waals surface area contributed by atoms with Gasteiger partial charge in [-0.2, -0.15) is 0 Å². The van der Waals surface area contributed by atoms with Crippen LogP contribution in [-0.2, 0) is 0 Å². The Labute approximate surface area is 171 Å². The molecule has 1 aliphatic heterocycles. The number of hydrogen-bond donors (Lipinski definition) is 2. The number of anilines is 1. The molecular weight excluding hydrogens is 374 g/mol. The van der Waals surface area contributed by atoms with Crippen LogP contribution < -0.4 is 15.5 Å². The van der Waals surface area contributed by atoms with Gasteiger partial charge in [0.25, 0.3) is 5.91 Å². The molecule has 0 spiro atoms. The minimum atomic E-state index is -0.148. The third-order valence-corrected chi connectivity index (χ3v) is 5.14. The largest absolute Gasteiger partial charge is 0.345 e. The average molecular weight is 400 g/mol. The molecular formula is C22H26ClN3O2. The summed E-state index contributed by atoms with van der Waals surface area (Å²) < 4.78 is 0. The van der Waals surface area contributed by atoms with E-state index in [9.17, 15) is 9.59 Å². The maximum absolute atomic E-state index is 12.9. The molecule has 5 nitrogen and oxygen atoms in total. The number of urea groups is 1. The van der Waals surface area contributed by atoms with E-state index in [2.05, 4.69) is 24.5 Å². The number of amides is 3. The molecule has 6 heteroatoms. The molecule has 0 aromatic heterocycles. The fraction of sp³-hybridized carbons (Fsp3) is 0.364. The van der Waals surface area contributed by atoms with E-state index in [0.29, 0.717) is 29.6 Å². The summed E-state index contributed by atoms with van der Waals surface area (Å²) in [6, 6.07) is 14.6. The molecule has 1 unspecified atom stereocenters. The lowest BCUT2D eigenvalue weighted by Crippen LogP contribution is -2.30. The highest BCUT2D eigenvalue weighted by Gasteiger charge is 2.22. The molecule has 1 atom stereocenters. The highest BCUT2D eigenvalue weighted by Crippen LogP contribution is 2.24. The van der Waals surface area contributed by atoms with Gasteiger partial charge in [-0.05, 0) is 54.7 Å². The van der Waals surface area contributed by atoms with Crippen LogP contribution in [0, 0.1) is 5.92 Å². The molecule has 3 amide bonds. The van der Waals surface area contributed by atoms with E-state index in [1.54, 1.807) is 23.1 Å². The molecule has 2 aromatic rings. The summed E-state index contributed by atoms with van der Waals surface area (Å²) in [6.07, 6.45) is 1.85. The minimum absolute atomic E-state index is 0.0918. The van der Waals surface area contributed by atoms with E-state index in [4.69, 9.17) is 11.6 Å². The Morgan fingerprint density at radius 2 is 1.93 bits per heavy atom. The number of halogens is 1. The van der Waals surface area contributed by atoms with Crippen molar-refractivity contribution in [2.75, 3.05) is 18.0 Å². The highest BCUT2D eigenvalue weighted by molar-refractivity contribution is 6.30. The Balaban J connectivity index is 1.77. The first-order valence-electron chi connectivity index (χ1n) is 9.66. The van der Waals surface area contributed by atoms with Crippen LogP contribution in [-0.4, -0.2) is 25.0 Å². The average Bonchev–Trinajstić information content (AvgIpc) is 3.11. The van der Waals surface area contributed by atoms with Crippen molar-refractivity contribution in [1.29, 1.82) is 0 Å². The SMILES string of the molecule is CC(C)CCC(NC(=O)c1cccc(N2CCNC2=O)c1)c1ccc(Cl)cc1. The Hall–Kier alpha value is -2.53. The molecule has 1 aliphatic rings. The molecule has 2 N–H and O–H groups in total. The Bertz CT molecular complexity index is 836. The third kappa shape index (κ3) is 5.04. The van der Waals surface area contributed by atoms with Gasteiger partial charge >= 0.3 is 6.03 Å². The second-order valence-electron chi connectivity index (χ2n) is 7.48. The Morgan fingerprint density at radius 1 is 1.18 bits per heavy atom. The van der Waals surface area contributed by atoms with Crippen molar-refractivity contribution >= 4 is 29.2 Å². The summed E-state index contributed by atoms with van der Waals surface area (Å²) in [5.41, 5.74) is 2.31. The van der Waals surface area contributed by atoms with Crippen molar-refractivity contribution in [2.24, 2.45) is 5.92 Å². The first-order valence-corrected chi connectivity index (χ1v) is 10.0. The topological polar surface area (TPSA) is 61.4 Å². The molecule has 0 saturated carbocycles. The van der Waals surface area contributed by atoms with Crippen LogP contribution in [0.1, 0.15) is 48.7 Å². The predicted molar refractivity (Wildman–Crippen MR) is 113 cm³/mol. The van der Waals surface area contributed by atoms with Gasteiger partial charge in [-0.25, -0.2) is 4.79 Å². The van der Waals surface area contributed by atoms with Gasteiger partial charge in [0.1, 0.15) is 0 Å². The van der Waals surface area contributed by atoms with E-state index in [0.717, 1.165) is 24.1 Å². The van der Waals surface area contributed by atoms with Gasteiger partial charge in [-0.15, -0.1) is 0 Å². The summed E-state index contributed by atoms with van der Waals surface area (Å²) in [7, 11) is 0. The van der Waals surface area contributed by atoms with Crippen LogP contribution in [0.4, 0.5) is 10.5 Å².